The van der Waals surface area contributed by atoms with Gasteiger partial charge in [-0.05, 0) is 44.1 Å². The molecule has 0 radical (unpaired) electrons. The van der Waals surface area contributed by atoms with Crippen LogP contribution in [-0.4, -0.2) is 50.9 Å². The standard InChI is InChI=1S/C18H28N4O/c1-20-9-7-19-17(20)13-21-8-6-15-10-16(21)18(23)22(12-15)11-14-4-2-3-5-14/h7,9,14-16H,2-6,8,10-13H2,1H3/t15-,16+/m0/s1. The lowest BCUT2D eigenvalue weighted by Gasteiger charge is -2.46. The van der Waals surface area contributed by atoms with E-state index in [0.717, 1.165) is 44.3 Å². The van der Waals surface area contributed by atoms with Gasteiger partial charge in [-0.3, -0.25) is 9.69 Å². The first-order chi connectivity index (χ1) is 11.2. The Morgan fingerprint density at radius 3 is 2.83 bits per heavy atom. The van der Waals surface area contributed by atoms with E-state index in [-0.39, 0.29) is 6.04 Å². The highest BCUT2D eigenvalue weighted by Gasteiger charge is 2.41. The molecule has 0 aromatic carbocycles. The molecule has 2 saturated heterocycles. The normalized spacial score (nSPS) is 29.4. The summed E-state index contributed by atoms with van der Waals surface area (Å²) in [6, 6.07) is 0.0839. The zero-order valence-electron chi connectivity index (χ0n) is 14.2. The van der Waals surface area contributed by atoms with Crippen LogP contribution >= 0.6 is 0 Å². The van der Waals surface area contributed by atoms with E-state index in [0.29, 0.717) is 11.8 Å². The first kappa shape index (κ1) is 15.2. The third-order valence-corrected chi connectivity index (χ3v) is 6.12. The summed E-state index contributed by atoms with van der Waals surface area (Å²) in [6.07, 6.45) is 11.4. The molecular weight excluding hydrogens is 288 g/mol. The van der Waals surface area contributed by atoms with Crippen LogP contribution in [0.2, 0.25) is 0 Å². The molecule has 3 heterocycles. The Bertz CT molecular complexity index is 563. The van der Waals surface area contributed by atoms with Crippen molar-refractivity contribution in [3.63, 3.8) is 0 Å². The lowest BCUT2D eigenvalue weighted by Crippen LogP contribution is -2.59. The Balaban J connectivity index is 1.45. The molecule has 2 bridgehead atoms. The number of amides is 1. The van der Waals surface area contributed by atoms with Crippen molar-refractivity contribution in [2.45, 2.75) is 51.1 Å². The van der Waals surface area contributed by atoms with Crippen molar-refractivity contribution >= 4 is 5.91 Å². The van der Waals surface area contributed by atoms with Crippen LogP contribution in [0.5, 0.6) is 0 Å². The van der Waals surface area contributed by atoms with Gasteiger partial charge in [-0.25, -0.2) is 4.98 Å². The summed E-state index contributed by atoms with van der Waals surface area (Å²) in [5.74, 6) is 2.89. The van der Waals surface area contributed by atoms with Crippen molar-refractivity contribution in [2.24, 2.45) is 18.9 Å². The molecule has 1 saturated carbocycles. The molecule has 0 N–H and O–H groups in total. The minimum atomic E-state index is 0.0839. The maximum absolute atomic E-state index is 13.0. The first-order valence-corrected chi connectivity index (χ1v) is 9.19. The van der Waals surface area contributed by atoms with Gasteiger partial charge in [0.2, 0.25) is 5.91 Å². The largest absolute Gasteiger partial charge is 0.341 e. The number of imidazole rings is 1. The summed E-state index contributed by atoms with van der Waals surface area (Å²) < 4.78 is 2.07. The maximum atomic E-state index is 13.0. The monoisotopic (exact) mass is 316 g/mol. The first-order valence-electron chi connectivity index (χ1n) is 9.19. The number of fused-ring (bicyclic) bond motifs is 2. The van der Waals surface area contributed by atoms with E-state index in [9.17, 15) is 4.79 Å². The SMILES string of the molecule is Cn1ccnc1CN1CC[C@H]2C[C@@H]1C(=O)N(CC1CCCC1)C2. The molecule has 5 heteroatoms. The van der Waals surface area contributed by atoms with E-state index >= 15 is 0 Å². The number of rotatable bonds is 4. The maximum Gasteiger partial charge on any atom is 0.239 e. The van der Waals surface area contributed by atoms with Crippen molar-refractivity contribution in [3.8, 4) is 0 Å². The van der Waals surface area contributed by atoms with Crippen molar-refractivity contribution in [1.82, 2.24) is 19.4 Å². The van der Waals surface area contributed by atoms with Crippen LogP contribution < -0.4 is 0 Å². The highest BCUT2D eigenvalue weighted by atomic mass is 16.2. The zero-order chi connectivity index (χ0) is 15.8. The number of carbonyl (C=O) groups is 1. The molecule has 4 rings (SSSR count). The summed E-state index contributed by atoms with van der Waals surface area (Å²) in [6.45, 7) is 3.83. The molecule has 5 nitrogen and oxygen atoms in total. The van der Waals surface area contributed by atoms with Gasteiger partial charge in [0.25, 0.3) is 0 Å². The van der Waals surface area contributed by atoms with Gasteiger partial charge >= 0.3 is 0 Å². The Labute approximate surface area is 138 Å². The summed E-state index contributed by atoms with van der Waals surface area (Å²) in [5, 5.41) is 0. The molecule has 1 aromatic heterocycles. The number of hydrogen-bond donors (Lipinski definition) is 0. The number of likely N-dealkylation sites (tertiary alicyclic amines) is 2. The highest BCUT2D eigenvalue weighted by molar-refractivity contribution is 5.83. The molecule has 0 spiro atoms. The highest BCUT2D eigenvalue weighted by Crippen LogP contribution is 2.33. The van der Waals surface area contributed by atoms with Gasteiger partial charge in [0.1, 0.15) is 5.82 Å². The molecule has 1 aromatic rings. The second-order valence-electron chi connectivity index (χ2n) is 7.72. The minimum absolute atomic E-state index is 0.0839. The van der Waals surface area contributed by atoms with Crippen LogP contribution in [-0.2, 0) is 18.4 Å². The third kappa shape index (κ3) is 3.03. The Hall–Kier alpha value is -1.36. The van der Waals surface area contributed by atoms with Crippen molar-refractivity contribution in [1.29, 1.82) is 0 Å². The molecule has 2 aliphatic heterocycles. The Morgan fingerprint density at radius 1 is 1.26 bits per heavy atom. The van der Waals surface area contributed by atoms with Gasteiger partial charge in [-0.15, -0.1) is 0 Å². The van der Waals surface area contributed by atoms with Gasteiger partial charge in [-0.2, -0.15) is 0 Å². The van der Waals surface area contributed by atoms with Gasteiger partial charge < -0.3 is 9.47 Å². The Morgan fingerprint density at radius 2 is 2.09 bits per heavy atom. The second-order valence-corrected chi connectivity index (χ2v) is 7.72. The van der Waals surface area contributed by atoms with Gasteiger partial charge in [0.05, 0.1) is 12.6 Å². The van der Waals surface area contributed by atoms with Gasteiger partial charge in [0, 0.05) is 32.5 Å². The number of nitrogens with zero attached hydrogens (tertiary/aromatic N) is 4. The van der Waals surface area contributed by atoms with Crippen molar-refractivity contribution in [2.75, 3.05) is 19.6 Å². The predicted molar refractivity (Wildman–Crippen MR) is 88.7 cm³/mol. The van der Waals surface area contributed by atoms with E-state index in [2.05, 4.69) is 19.4 Å². The number of hydrogen-bond acceptors (Lipinski definition) is 3. The summed E-state index contributed by atoms with van der Waals surface area (Å²) in [5.41, 5.74) is 0. The number of piperidine rings is 2. The average Bonchev–Trinajstić information content (AvgIpc) is 3.19. The number of aryl methyl sites for hydroxylation is 1. The average molecular weight is 316 g/mol. The number of carbonyl (C=O) groups excluding carboxylic acids is 1. The molecular formula is C18H28N4O. The third-order valence-electron chi connectivity index (χ3n) is 6.12. The van der Waals surface area contributed by atoms with Crippen LogP contribution in [0.3, 0.4) is 0 Å². The molecule has 126 valence electrons. The van der Waals surface area contributed by atoms with E-state index in [1.165, 1.54) is 32.1 Å². The van der Waals surface area contributed by atoms with Gasteiger partial charge in [-0.1, -0.05) is 12.8 Å². The molecule has 0 unspecified atom stereocenters. The second kappa shape index (κ2) is 6.27. The molecule has 3 fully saturated rings. The van der Waals surface area contributed by atoms with Crippen LogP contribution in [0, 0.1) is 11.8 Å². The van der Waals surface area contributed by atoms with Crippen LogP contribution in [0.15, 0.2) is 12.4 Å². The topological polar surface area (TPSA) is 41.4 Å². The summed E-state index contributed by atoms with van der Waals surface area (Å²) in [4.78, 5) is 22.0. The van der Waals surface area contributed by atoms with E-state index < -0.39 is 0 Å². The quantitative estimate of drug-likeness (QED) is 0.853. The summed E-state index contributed by atoms with van der Waals surface area (Å²) in [7, 11) is 2.03. The fraction of sp³-hybridized carbons (Fsp3) is 0.778. The molecule has 2 atom stereocenters. The van der Waals surface area contributed by atoms with Crippen LogP contribution in [0.25, 0.3) is 0 Å². The van der Waals surface area contributed by atoms with Crippen LogP contribution in [0.4, 0.5) is 0 Å². The number of aromatic nitrogens is 2. The van der Waals surface area contributed by atoms with Gasteiger partial charge in [0.15, 0.2) is 0 Å². The fourth-order valence-electron chi connectivity index (χ4n) is 4.71. The minimum Gasteiger partial charge on any atom is -0.341 e. The van der Waals surface area contributed by atoms with E-state index in [4.69, 9.17) is 0 Å². The molecule has 23 heavy (non-hydrogen) atoms. The van der Waals surface area contributed by atoms with Crippen molar-refractivity contribution in [3.05, 3.63) is 18.2 Å². The molecule has 3 aliphatic rings. The lowest BCUT2D eigenvalue weighted by atomic mass is 9.85. The van der Waals surface area contributed by atoms with E-state index in [1.807, 2.05) is 19.4 Å². The van der Waals surface area contributed by atoms with Crippen LogP contribution in [0.1, 0.15) is 44.3 Å². The molecule has 1 amide bonds. The van der Waals surface area contributed by atoms with Crippen molar-refractivity contribution < 1.29 is 4.79 Å². The zero-order valence-corrected chi connectivity index (χ0v) is 14.2. The van der Waals surface area contributed by atoms with E-state index in [1.54, 1.807) is 0 Å². The Kier molecular flexibility index (Phi) is 4.14. The predicted octanol–water partition coefficient (Wildman–Crippen LogP) is 2.03. The smallest absolute Gasteiger partial charge is 0.239 e. The summed E-state index contributed by atoms with van der Waals surface area (Å²) >= 11 is 0. The molecule has 1 aliphatic carbocycles. The fourth-order valence-corrected chi connectivity index (χ4v) is 4.71. The lowest BCUT2D eigenvalue weighted by molar-refractivity contribution is -0.146.